The largest absolute Gasteiger partial charge is 0.482 e. The molecule has 1 atom stereocenters. The predicted octanol–water partition coefficient (Wildman–Crippen LogP) is 1.17. The maximum Gasteiger partial charge on any atom is 0.343 e. The molecule has 0 saturated carbocycles. The predicted molar refractivity (Wildman–Crippen MR) is 101 cm³/mol. The van der Waals surface area contributed by atoms with Crippen LogP contribution in [0.5, 0.6) is 5.75 Å². The zero-order valence-electron chi connectivity index (χ0n) is 15.9. The van der Waals surface area contributed by atoms with Gasteiger partial charge in [0, 0.05) is 30.7 Å². The summed E-state index contributed by atoms with van der Waals surface area (Å²) in [4.78, 5) is 40.0. The minimum Gasteiger partial charge on any atom is -0.482 e. The van der Waals surface area contributed by atoms with Crippen LogP contribution in [0.25, 0.3) is 0 Å². The second-order valence-corrected chi connectivity index (χ2v) is 7.26. The number of esters is 2. The molecule has 1 heterocycles. The minimum absolute atomic E-state index is 0.195. The van der Waals surface area contributed by atoms with Gasteiger partial charge in [0.1, 0.15) is 5.75 Å². The van der Waals surface area contributed by atoms with Crippen LogP contribution >= 0.6 is 11.8 Å². The Morgan fingerprint density at radius 3 is 2.70 bits per heavy atom. The van der Waals surface area contributed by atoms with Crippen LogP contribution in [0.4, 0.5) is 5.69 Å². The monoisotopic (exact) mass is 396 g/mol. The van der Waals surface area contributed by atoms with Crippen LogP contribution in [0, 0.1) is 0 Å². The first-order valence-electron chi connectivity index (χ1n) is 8.41. The summed E-state index contributed by atoms with van der Waals surface area (Å²) in [6.45, 7) is 2.21. The van der Waals surface area contributed by atoms with Crippen LogP contribution in [-0.2, 0) is 23.9 Å². The van der Waals surface area contributed by atoms with E-state index in [1.165, 1.54) is 25.8 Å². The van der Waals surface area contributed by atoms with Gasteiger partial charge in [0.15, 0.2) is 12.7 Å². The number of carbonyl (C=O) groups is 3. The lowest BCUT2D eigenvalue weighted by molar-refractivity contribution is -0.151. The molecule has 1 aliphatic rings. The summed E-state index contributed by atoms with van der Waals surface area (Å²) in [5.74, 6) is -0.409. The van der Waals surface area contributed by atoms with Crippen LogP contribution in [0.3, 0.4) is 0 Å². The Hall–Kier alpha value is -2.26. The van der Waals surface area contributed by atoms with E-state index >= 15 is 0 Å². The average molecular weight is 396 g/mol. The highest BCUT2D eigenvalue weighted by molar-refractivity contribution is 7.99. The van der Waals surface area contributed by atoms with Gasteiger partial charge >= 0.3 is 11.9 Å². The quantitative estimate of drug-likeness (QED) is 0.635. The van der Waals surface area contributed by atoms with Gasteiger partial charge in [-0.15, -0.1) is 11.8 Å². The van der Waals surface area contributed by atoms with Crippen LogP contribution < -0.4 is 9.64 Å². The molecule has 0 aliphatic carbocycles. The molecular weight excluding hydrogens is 372 g/mol. The number of thioether (sulfide) groups is 1. The molecule has 0 fully saturated rings. The summed E-state index contributed by atoms with van der Waals surface area (Å²) in [5.41, 5.74) is 0.729. The highest BCUT2D eigenvalue weighted by Gasteiger charge is 2.33. The van der Waals surface area contributed by atoms with Crippen molar-refractivity contribution in [2.45, 2.75) is 17.9 Å². The lowest BCUT2D eigenvalue weighted by atomic mass is 10.2. The first-order chi connectivity index (χ1) is 12.8. The number of carbonyl (C=O) groups excluding carboxylic acids is 3. The van der Waals surface area contributed by atoms with Gasteiger partial charge in [0.2, 0.25) is 0 Å². The van der Waals surface area contributed by atoms with E-state index in [0.717, 1.165) is 10.6 Å². The van der Waals surface area contributed by atoms with E-state index in [9.17, 15) is 14.4 Å². The summed E-state index contributed by atoms with van der Waals surface area (Å²) in [5, 5.41) is 0. The normalized spacial score (nSPS) is 16.6. The Morgan fingerprint density at radius 1 is 1.33 bits per heavy atom. The van der Waals surface area contributed by atoms with E-state index in [-0.39, 0.29) is 12.5 Å². The number of ether oxygens (including phenoxy) is 3. The number of benzene rings is 1. The Balaban J connectivity index is 2.28. The summed E-state index contributed by atoms with van der Waals surface area (Å²) in [6, 6.07) is 5.25. The third-order valence-electron chi connectivity index (χ3n) is 3.82. The molecule has 9 heteroatoms. The number of nitrogens with zero attached hydrogens (tertiary/aromatic N) is 2. The van der Waals surface area contributed by atoms with E-state index in [4.69, 9.17) is 9.47 Å². The van der Waals surface area contributed by atoms with E-state index in [1.54, 1.807) is 23.1 Å². The van der Waals surface area contributed by atoms with Crippen molar-refractivity contribution in [2.75, 3.05) is 51.6 Å². The zero-order chi connectivity index (χ0) is 20.0. The number of likely N-dealkylation sites (N-methyl/N-ethyl adjacent to an activating group) is 1. The van der Waals surface area contributed by atoms with Crippen molar-refractivity contribution in [3.63, 3.8) is 0 Å². The van der Waals surface area contributed by atoms with Gasteiger partial charge in [-0.3, -0.25) is 9.59 Å². The standard InChI is InChI=1S/C18H24N2O6S/c1-12(21)26-15-11-27-16-9-13(25-10-17(22)24-4)5-6-14(16)20(18(15)23)8-7-19(2)3/h5-6,9,15H,7-8,10-11H2,1-4H3/t15-/m1/s1. The molecule has 1 aromatic rings. The fourth-order valence-electron chi connectivity index (χ4n) is 2.47. The van der Waals surface area contributed by atoms with Crippen molar-refractivity contribution in [1.82, 2.24) is 4.90 Å². The number of hydrogen-bond acceptors (Lipinski definition) is 8. The van der Waals surface area contributed by atoms with Crippen molar-refractivity contribution < 1.29 is 28.6 Å². The smallest absolute Gasteiger partial charge is 0.343 e. The molecule has 0 N–H and O–H groups in total. The first kappa shape index (κ1) is 21.0. The van der Waals surface area contributed by atoms with Crippen molar-refractivity contribution in [3.05, 3.63) is 18.2 Å². The second kappa shape index (κ2) is 9.61. The number of methoxy groups -OCH3 is 1. The number of amides is 1. The molecule has 27 heavy (non-hydrogen) atoms. The van der Waals surface area contributed by atoms with Crippen LogP contribution in [-0.4, -0.2) is 75.5 Å². The molecule has 0 bridgehead atoms. The molecular formula is C18H24N2O6S. The molecule has 0 unspecified atom stereocenters. The SMILES string of the molecule is COC(=O)COc1ccc2c(c1)SC[C@@H](OC(C)=O)C(=O)N2CCN(C)C. The van der Waals surface area contributed by atoms with E-state index in [2.05, 4.69) is 4.74 Å². The van der Waals surface area contributed by atoms with E-state index in [0.29, 0.717) is 24.6 Å². The Morgan fingerprint density at radius 2 is 2.07 bits per heavy atom. The molecule has 0 saturated heterocycles. The van der Waals surface area contributed by atoms with Crippen LogP contribution in [0.2, 0.25) is 0 Å². The summed E-state index contributed by atoms with van der Waals surface area (Å²) >= 11 is 1.41. The lowest BCUT2D eigenvalue weighted by Crippen LogP contribution is -2.44. The van der Waals surface area contributed by atoms with Gasteiger partial charge in [0.25, 0.3) is 5.91 Å². The van der Waals surface area contributed by atoms with Gasteiger partial charge in [-0.2, -0.15) is 0 Å². The number of rotatable bonds is 7. The maximum atomic E-state index is 12.9. The van der Waals surface area contributed by atoms with Gasteiger partial charge in [-0.25, -0.2) is 4.79 Å². The Kier molecular flexibility index (Phi) is 7.49. The molecule has 0 radical (unpaired) electrons. The van der Waals surface area contributed by atoms with Crippen molar-refractivity contribution >= 4 is 35.3 Å². The Labute approximate surface area is 162 Å². The molecule has 148 valence electrons. The third kappa shape index (κ3) is 5.86. The fourth-order valence-corrected chi connectivity index (χ4v) is 3.54. The number of anilines is 1. The second-order valence-electron chi connectivity index (χ2n) is 6.20. The molecule has 2 rings (SSSR count). The van der Waals surface area contributed by atoms with Crippen LogP contribution in [0.15, 0.2) is 23.1 Å². The molecule has 8 nitrogen and oxygen atoms in total. The van der Waals surface area contributed by atoms with Gasteiger partial charge in [0.05, 0.1) is 12.8 Å². The topological polar surface area (TPSA) is 85.4 Å². The molecule has 0 aromatic heterocycles. The summed E-state index contributed by atoms with van der Waals surface area (Å²) in [6.07, 6.45) is -0.846. The number of hydrogen-bond donors (Lipinski definition) is 0. The molecule has 1 aliphatic heterocycles. The van der Waals surface area contributed by atoms with Gasteiger partial charge in [-0.1, -0.05) is 0 Å². The van der Waals surface area contributed by atoms with Crippen molar-refractivity contribution in [2.24, 2.45) is 0 Å². The molecule has 1 aromatic carbocycles. The van der Waals surface area contributed by atoms with Gasteiger partial charge in [-0.05, 0) is 32.3 Å². The first-order valence-corrected chi connectivity index (χ1v) is 9.40. The van der Waals surface area contributed by atoms with Gasteiger partial charge < -0.3 is 24.0 Å². The third-order valence-corrected chi connectivity index (χ3v) is 4.92. The van der Waals surface area contributed by atoms with Crippen molar-refractivity contribution in [1.29, 1.82) is 0 Å². The highest BCUT2D eigenvalue weighted by Crippen LogP contribution is 2.37. The van der Waals surface area contributed by atoms with E-state index < -0.39 is 18.0 Å². The lowest BCUT2D eigenvalue weighted by Gasteiger charge is -2.26. The van der Waals surface area contributed by atoms with E-state index in [1.807, 2.05) is 19.0 Å². The average Bonchev–Trinajstić information content (AvgIpc) is 2.74. The summed E-state index contributed by atoms with van der Waals surface area (Å²) < 4.78 is 15.2. The fraction of sp³-hybridized carbons (Fsp3) is 0.500. The molecule has 0 spiro atoms. The van der Waals surface area contributed by atoms with Crippen molar-refractivity contribution in [3.8, 4) is 5.75 Å². The Bertz CT molecular complexity index is 709. The minimum atomic E-state index is -0.846. The molecule has 1 amide bonds. The highest BCUT2D eigenvalue weighted by atomic mass is 32.2. The maximum absolute atomic E-state index is 12.9. The van der Waals surface area contributed by atoms with Crippen LogP contribution in [0.1, 0.15) is 6.92 Å². The number of fused-ring (bicyclic) bond motifs is 1. The summed E-state index contributed by atoms with van der Waals surface area (Å²) in [7, 11) is 5.14. The zero-order valence-corrected chi connectivity index (χ0v) is 16.7.